The molecule has 76 valence electrons. The molecule has 4 atom stereocenters. The summed E-state index contributed by atoms with van der Waals surface area (Å²) in [6.45, 7) is 2.15. The van der Waals surface area contributed by atoms with E-state index in [0.717, 1.165) is 6.42 Å². The van der Waals surface area contributed by atoms with Gasteiger partial charge < -0.3 is 10.5 Å². The summed E-state index contributed by atoms with van der Waals surface area (Å²) in [5.74, 6) is 0.652. The summed E-state index contributed by atoms with van der Waals surface area (Å²) < 4.78 is 5.96. The van der Waals surface area contributed by atoms with Gasteiger partial charge in [0.05, 0.1) is 12.2 Å². The van der Waals surface area contributed by atoms with Gasteiger partial charge in [0.1, 0.15) is 0 Å². The highest BCUT2D eigenvalue weighted by atomic mass is 16.5. The average Bonchev–Trinajstić information content (AvgIpc) is 2.28. The maximum Gasteiger partial charge on any atom is 0.0621 e. The summed E-state index contributed by atoms with van der Waals surface area (Å²) in [4.78, 5) is 0. The second kappa shape index (κ2) is 3.97. The standard InChI is InChI=1S/C11H21NO/c1-8-7-10(12)9-5-3-2-4-6-11(9)13-8/h8-11H,2-7,12H2,1H3. The highest BCUT2D eigenvalue weighted by Crippen LogP contribution is 2.33. The van der Waals surface area contributed by atoms with Crippen molar-refractivity contribution in [2.24, 2.45) is 11.7 Å². The zero-order valence-electron chi connectivity index (χ0n) is 8.54. The summed E-state index contributed by atoms with van der Waals surface area (Å²) in [6, 6.07) is 0.395. The van der Waals surface area contributed by atoms with Gasteiger partial charge in [-0.2, -0.15) is 0 Å². The Morgan fingerprint density at radius 3 is 2.77 bits per heavy atom. The van der Waals surface area contributed by atoms with Gasteiger partial charge in [-0.25, -0.2) is 0 Å². The molecule has 2 nitrogen and oxygen atoms in total. The summed E-state index contributed by atoms with van der Waals surface area (Å²) >= 11 is 0. The number of fused-ring (bicyclic) bond motifs is 1. The highest BCUT2D eigenvalue weighted by molar-refractivity contribution is 4.88. The maximum atomic E-state index is 6.17. The molecule has 0 bridgehead atoms. The van der Waals surface area contributed by atoms with Crippen LogP contribution in [-0.4, -0.2) is 18.2 Å². The minimum atomic E-state index is 0.384. The lowest BCUT2D eigenvalue weighted by atomic mass is 9.84. The second-order valence-electron chi connectivity index (χ2n) is 4.69. The first kappa shape index (κ1) is 9.47. The number of ether oxygens (including phenoxy) is 1. The van der Waals surface area contributed by atoms with E-state index < -0.39 is 0 Å². The molecule has 0 aromatic rings. The first-order valence-electron chi connectivity index (χ1n) is 5.68. The van der Waals surface area contributed by atoms with Crippen molar-refractivity contribution in [1.82, 2.24) is 0 Å². The zero-order valence-corrected chi connectivity index (χ0v) is 8.54. The van der Waals surface area contributed by atoms with Crippen molar-refractivity contribution in [3.8, 4) is 0 Å². The van der Waals surface area contributed by atoms with E-state index in [1.807, 2.05) is 0 Å². The van der Waals surface area contributed by atoms with Crippen LogP contribution in [0.2, 0.25) is 0 Å². The predicted molar refractivity (Wildman–Crippen MR) is 53.5 cm³/mol. The SMILES string of the molecule is CC1CC(N)C2CCCCCC2O1. The van der Waals surface area contributed by atoms with Gasteiger partial charge >= 0.3 is 0 Å². The molecular formula is C11H21NO. The number of nitrogens with two attached hydrogens (primary N) is 1. The van der Waals surface area contributed by atoms with Crippen LogP contribution in [-0.2, 0) is 4.74 Å². The molecule has 13 heavy (non-hydrogen) atoms. The molecule has 0 amide bonds. The molecule has 1 heterocycles. The molecule has 0 spiro atoms. The van der Waals surface area contributed by atoms with E-state index in [1.165, 1.54) is 32.1 Å². The smallest absolute Gasteiger partial charge is 0.0621 e. The summed E-state index contributed by atoms with van der Waals surface area (Å²) in [5, 5.41) is 0. The Bertz CT molecular complexity index is 171. The molecule has 1 aliphatic carbocycles. The molecule has 2 heteroatoms. The van der Waals surface area contributed by atoms with Crippen LogP contribution in [0.3, 0.4) is 0 Å². The maximum absolute atomic E-state index is 6.17. The van der Waals surface area contributed by atoms with Crippen LogP contribution in [0.5, 0.6) is 0 Å². The Morgan fingerprint density at radius 1 is 1.15 bits per heavy atom. The third-order valence-corrected chi connectivity index (χ3v) is 3.56. The van der Waals surface area contributed by atoms with E-state index in [0.29, 0.717) is 24.2 Å². The lowest BCUT2D eigenvalue weighted by molar-refractivity contribution is -0.0854. The topological polar surface area (TPSA) is 35.2 Å². The van der Waals surface area contributed by atoms with E-state index in [9.17, 15) is 0 Å². The second-order valence-corrected chi connectivity index (χ2v) is 4.69. The van der Waals surface area contributed by atoms with Gasteiger partial charge in [0.25, 0.3) is 0 Å². The molecule has 0 aromatic heterocycles. The Kier molecular flexibility index (Phi) is 2.89. The fourth-order valence-corrected chi connectivity index (χ4v) is 2.87. The molecule has 1 saturated carbocycles. The fraction of sp³-hybridized carbons (Fsp3) is 1.00. The minimum Gasteiger partial charge on any atom is -0.375 e. The molecule has 4 unspecified atom stereocenters. The van der Waals surface area contributed by atoms with Crippen molar-refractivity contribution in [2.45, 2.75) is 63.7 Å². The van der Waals surface area contributed by atoms with Gasteiger partial charge in [-0.15, -0.1) is 0 Å². The van der Waals surface area contributed by atoms with Crippen LogP contribution in [0.1, 0.15) is 45.4 Å². The number of rotatable bonds is 0. The Hall–Kier alpha value is -0.0800. The van der Waals surface area contributed by atoms with Crippen molar-refractivity contribution >= 4 is 0 Å². The fourth-order valence-electron chi connectivity index (χ4n) is 2.87. The van der Waals surface area contributed by atoms with Crippen molar-refractivity contribution in [3.63, 3.8) is 0 Å². The molecular weight excluding hydrogens is 162 g/mol. The Balaban J connectivity index is 2.03. The predicted octanol–water partition coefficient (Wildman–Crippen LogP) is 2.07. The molecule has 1 aliphatic heterocycles. The van der Waals surface area contributed by atoms with E-state index in [1.54, 1.807) is 0 Å². The van der Waals surface area contributed by atoms with Gasteiger partial charge in [-0.3, -0.25) is 0 Å². The van der Waals surface area contributed by atoms with E-state index in [2.05, 4.69) is 6.92 Å². The molecule has 2 fully saturated rings. The van der Waals surface area contributed by atoms with Crippen LogP contribution >= 0.6 is 0 Å². The van der Waals surface area contributed by atoms with E-state index >= 15 is 0 Å². The van der Waals surface area contributed by atoms with Crippen LogP contribution in [0, 0.1) is 5.92 Å². The molecule has 0 radical (unpaired) electrons. The van der Waals surface area contributed by atoms with Crippen LogP contribution < -0.4 is 5.73 Å². The molecule has 1 saturated heterocycles. The van der Waals surface area contributed by atoms with Gasteiger partial charge in [-0.1, -0.05) is 19.3 Å². The molecule has 0 aromatic carbocycles. The van der Waals surface area contributed by atoms with Crippen LogP contribution in [0.15, 0.2) is 0 Å². The van der Waals surface area contributed by atoms with E-state index in [4.69, 9.17) is 10.5 Å². The van der Waals surface area contributed by atoms with Gasteiger partial charge in [0.15, 0.2) is 0 Å². The van der Waals surface area contributed by atoms with Crippen molar-refractivity contribution in [3.05, 3.63) is 0 Å². The number of hydrogen-bond donors (Lipinski definition) is 1. The van der Waals surface area contributed by atoms with Crippen molar-refractivity contribution in [2.75, 3.05) is 0 Å². The zero-order chi connectivity index (χ0) is 9.26. The van der Waals surface area contributed by atoms with Crippen LogP contribution in [0.4, 0.5) is 0 Å². The van der Waals surface area contributed by atoms with Crippen molar-refractivity contribution < 1.29 is 4.74 Å². The summed E-state index contributed by atoms with van der Waals surface area (Å²) in [5.41, 5.74) is 6.17. The quantitative estimate of drug-likeness (QED) is 0.624. The normalized spacial score (nSPS) is 46.6. The van der Waals surface area contributed by atoms with Gasteiger partial charge in [0.2, 0.25) is 0 Å². The minimum absolute atomic E-state index is 0.384. The first-order valence-corrected chi connectivity index (χ1v) is 5.68. The Morgan fingerprint density at radius 2 is 1.92 bits per heavy atom. The van der Waals surface area contributed by atoms with E-state index in [-0.39, 0.29) is 0 Å². The molecule has 2 aliphatic rings. The lowest BCUT2D eigenvalue weighted by Crippen LogP contribution is -2.47. The van der Waals surface area contributed by atoms with Gasteiger partial charge in [0, 0.05) is 12.0 Å². The first-order chi connectivity index (χ1) is 6.27. The van der Waals surface area contributed by atoms with Crippen molar-refractivity contribution in [1.29, 1.82) is 0 Å². The Labute approximate surface area is 80.8 Å². The largest absolute Gasteiger partial charge is 0.375 e. The number of hydrogen-bond acceptors (Lipinski definition) is 2. The van der Waals surface area contributed by atoms with Gasteiger partial charge in [-0.05, 0) is 26.2 Å². The molecule has 2 N–H and O–H groups in total. The third-order valence-electron chi connectivity index (χ3n) is 3.56. The summed E-state index contributed by atoms with van der Waals surface area (Å²) in [6.07, 6.45) is 8.50. The molecule has 2 rings (SSSR count). The summed E-state index contributed by atoms with van der Waals surface area (Å²) in [7, 11) is 0. The average molecular weight is 183 g/mol. The van der Waals surface area contributed by atoms with Crippen LogP contribution in [0.25, 0.3) is 0 Å². The monoisotopic (exact) mass is 183 g/mol. The highest BCUT2D eigenvalue weighted by Gasteiger charge is 2.35. The lowest BCUT2D eigenvalue weighted by Gasteiger charge is -2.38. The third kappa shape index (κ3) is 2.05.